The Morgan fingerprint density at radius 1 is 1.00 bits per heavy atom. The van der Waals surface area contributed by atoms with Crippen LogP contribution < -0.4 is 0 Å². The number of nitrogens with zero attached hydrogens (tertiary/aromatic N) is 3. The molecule has 158 valence electrons. The Kier molecular flexibility index (Phi) is 5.43. The van der Waals surface area contributed by atoms with Gasteiger partial charge < -0.3 is 4.90 Å². The first kappa shape index (κ1) is 21.0. The molecule has 0 bridgehead atoms. The molecule has 2 aliphatic rings. The molecule has 0 spiro atoms. The smallest absolute Gasteiger partial charge is 0.262 e. The fourth-order valence-electron chi connectivity index (χ4n) is 3.65. The number of piperazine rings is 1. The predicted octanol–water partition coefficient (Wildman–Crippen LogP) is 1.92. The average molecular weight is 468 g/mol. The summed E-state index contributed by atoms with van der Waals surface area (Å²) in [4.78, 5) is 40.6. The second kappa shape index (κ2) is 7.77. The molecular weight excluding hydrogens is 450 g/mol. The molecule has 4 rings (SSSR count). The lowest BCUT2D eigenvalue weighted by Crippen LogP contribution is -2.55. The Morgan fingerprint density at radius 2 is 1.57 bits per heavy atom. The molecule has 8 nitrogen and oxygen atoms in total. The van der Waals surface area contributed by atoms with Crippen LogP contribution in [0.2, 0.25) is 4.34 Å². The predicted molar refractivity (Wildman–Crippen MR) is 111 cm³/mol. The van der Waals surface area contributed by atoms with Gasteiger partial charge in [-0.25, -0.2) is 8.42 Å². The Hall–Kier alpha value is -2.27. The zero-order chi connectivity index (χ0) is 21.6. The first-order valence-electron chi connectivity index (χ1n) is 9.23. The van der Waals surface area contributed by atoms with Crippen molar-refractivity contribution in [2.45, 2.75) is 17.2 Å². The largest absolute Gasteiger partial charge is 0.338 e. The van der Waals surface area contributed by atoms with E-state index in [1.54, 1.807) is 24.3 Å². The first-order chi connectivity index (χ1) is 14.2. The molecule has 0 aliphatic carbocycles. The molecule has 1 unspecified atom stereocenters. The molecule has 2 aliphatic heterocycles. The highest BCUT2D eigenvalue weighted by atomic mass is 35.5. The number of hydrogen-bond donors (Lipinski definition) is 0. The summed E-state index contributed by atoms with van der Waals surface area (Å²) in [6, 6.07) is 8.48. The van der Waals surface area contributed by atoms with Gasteiger partial charge in [0, 0.05) is 26.2 Å². The number of sulfonamides is 1. The summed E-state index contributed by atoms with van der Waals surface area (Å²) in [6.07, 6.45) is 0. The second-order valence-corrected chi connectivity index (χ2v) is 10.9. The van der Waals surface area contributed by atoms with Gasteiger partial charge in [-0.1, -0.05) is 23.7 Å². The maximum Gasteiger partial charge on any atom is 0.262 e. The molecule has 2 aromatic rings. The fourth-order valence-corrected chi connectivity index (χ4v) is 6.71. The lowest BCUT2D eigenvalue weighted by molar-refractivity contribution is -0.136. The number of amides is 3. The Labute approximate surface area is 182 Å². The Bertz CT molecular complexity index is 1100. The van der Waals surface area contributed by atoms with Crippen molar-refractivity contribution in [1.29, 1.82) is 0 Å². The molecule has 1 aromatic heterocycles. The van der Waals surface area contributed by atoms with E-state index in [2.05, 4.69) is 0 Å². The highest BCUT2D eigenvalue weighted by molar-refractivity contribution is 7.91. The number of halogens is 1. The van der Waals surface area contributed by atoms with Gasteiger partial charge in [0.25, 0.3) is 21.8 Å². The van der Waals surface area contributed by atoms with Gasteiger partial charge >= 0.3 is 0 Å². The van der Waals surface area contributed by atoms with Crippen molar-refractivity contribution in [3.05, 3.63) is 51.9 Å². The van der Waals surface area contributed by atoms with Crippen LogP contribution in [-0.4, -0.2) is 72.5 Å². The Balaban J connectivity index is 1.44. The zero-order valence-electron chi connectivity index (χ0n) is 15.9. The van der Waals surface area contributed by atoms with Crippen LogP contribution >= 0.6 is 22.9 Å². The Morgan fingerprint density at radius 3 is 2.07 bits per heavy atom. The lowest BCUT2D eigenvalue weighted by atomic mass is 10.1. The number of imide groups is 1. The number of thiophene rings is 1. The quantitative estimate of drug-likeness (QED) is 0.640. The molecule has 0 radical (unpaired) electrons. The van der Waals surface area contributed by atoms with Gasteiger partial charge in [0.15, 0.2) is 0 Å². The molecular formula is C19H18ClN3O5S2. The molecule has 1 aromatic carbocycles. The number of benzene rings is 1. The van der Waals surface area contributed by atoms with Crippen LogP contribution in [0.3, 0.4) is 0 Å². The van der Waals surface area contributed by atoms with Crippen molar-refractivity contribution in [1.82, 2.24) is 14.1 Å². The average Bonchev–Trinajstić information content (AvgIpc) is 3.29. The number of carbonyl (C=O) groups is 3. The van der Waals surface area contributed by atoms with E-state index < -0.39 is 27.9 Å². The van der Waals surface area contributed by atoms with Gasteiger partial charge in [0.2, 0.25) is 5.91 Å². The maximum atomic E-state index is 13.0. The number of hydrogen-bond acceptors (Lipinski definition) is 6. The monoisotopic (exact) mass is 467 g/mol. The normalized spacial score (nSPS) is 18.6. The number of rotatable bonds is 4. The highest BCUT2D eigenvalue weighted by Crippen LogP contribution is 2.29. The van der Waals surface area contributed by atoms with E-state index >= 15 is 0 Å². The van der Waals surface area contributed by atoms with Gasteiger partial charge in [-0.05, 0) is 31.2 Å². The van der Waals surface area contributed by atoms with Crippen LogP contribution in [-0.2, 0) is 14.8 Å². The number of carbonyl (C=O) groups excluding carboxylic acids is 3. The van der Waals surface area contributed by atoms with Crippen LogP contribution in [0.4, 0.5) is 0 Å². The zero-order valence-corrected chi connectivity index (χ0v) is 18.3. The van der Waals surface area contributed by atoms with Gasteiger partial charge in [0.1, 0.15) is 10.3 Å². The van der Waals surface area contributed by atoms with E-state index in [1.807, 2.05) is 0 Å². The van der Waals surface area contributed by atoms with Crippen LogP contribution in [0.1, 0.15) is 27.6 Å². The van der Waals surface area contributed by atoms with Gasteiger partial charge in [-0.15, -0.1) is 11.3 Å². The summed E-state index contributed by atoms with van der Waals surface area (Å²) >= 11 is 6.83. The van der Waals surface area contributed by atoms with E-state index in [4.69, 9.17) is 11.6 Å². The van der Waals surface area contributed by atoms with Crippen LogP contribution in [0, 0.1) is 0 Å². The summed E-state index contributed by atoms with van der Waals surface area (Å²) in [7, 11) is -3.67. The summed E-state index contributed by atoms with van der Waals surface area (Å²) in [5.74, 6) is -1.37. The summed E-state index contributed by atoms with van der Waals surface area (Å²) < 4.78 is 27.3. The molecule has 3 amide bonds. The van der Waals surface area contributed by atoms with Crippen LogP contribution in [0.25, 0.3) is 0 Å². The van der Waals surface area contributed by atoms with Crippen molar-refractivity contribution in [2.75, 3.05) is 26.2 Å². The lowest BCUT2D eigenvalue weighted by Gasteiger charge is -2.36. The topological polar surface area (TPSA) is 95.1 Å². The second-order valence-electron chi connectivity index (χ2n) is 6.99. The minimum atomic E-state index is -3.67. The summed E-state index contributed by atoms with van der Waals surface area (Å²) in [5.41, 5.74) is 0.570. The SMILES string of the molecule is CC(C(=O)N1CCN(S(=O)(=O)c2ccc(Cl)s2)CC1)N1C(=O)c2ccccc2C1=O. The fraction of sp³-hybridized carbons (Fsp3) is 0.316. The highest BCUT2D eigenvalue weighted by Gasteiger charge is 2.42. The van der Waals surface area contributed by atoms with Crippen molar-refractivity contribution in [2.24, 2.45) is 0 Å². The maximum absolute atomic E-state index is 13.0. The minimum Gasteiger partial charge on any atom is -0.338 e. The van der Waals surface area contributed by atoms with E-state index in [-0.39, 0.29) is 47.4 Å². The van der Waals surface area contributed by atoms with Crippen molar-refractivity contribution >= 4 is 50.7 Å². The van der Waals surface area contributed by atoms with Crippen molar-refractivity contribution in [3.63, 3.8) is 0 Å². The molecule has 1 fully saturated rings. The molecule has 11 heteroatoms. The van der Waals surface area contributed by atoms with E-state index in [9.17, 15) is 22.8 Å². The third-order valence-electron chi connectivity index (χ3n) is 5.26. The third kappa shape index (κ3) is 3.43. The van der Waals surface area contributed by atoms with Gasteiger partial charge in [-0.2, -0.15) is 4.31 Å². The van der Waals surface area contributed by atoms with E-state index in [0.29, 0.717) is 4.34 Å². The van der Waals surface area contributed by atoms with E-state index in [0.717, 1.165) is 16.2 Å². The standard InChI is InChI=1S/C19H18ClN3O5S2/c1-12(23-18(25)13-4-2-3-5-14(13)19(23)26)17(24)21-8-10-22(11-9-21)30(27,28)16-7-6-15(20)29-16/h2-7,12H,8-11H2,1H3. The van der Waals surface area contributed by atoms with Crippen molar-refractivity contribution < 1.29 is 22.8 Å². The molecule has 3 heterocycles. The van der Waals surface area contributed by atoms with Crippen LogP contribution in [0.5, 0.6) is 0 Å². The van der Waals surface area contributed by atoms with Crippen LogP contribution in [0.15, 0.2) is 40.6 Å². The van der Waals surface area contributed by atoms with Crippen molar-refractivity contribution in [3.8, 4) is 0 Å². The number of fused-ring (bicyclic) bond motifs is 1. The molecule has 1 saturated heterocycles. The summed E-state index contributed by atoms with van der Waals surface area (Å²) in [6.45, 7) is 2.10. The third-order valence-corrected chi connectivity index (χ3v) is 8.86. The molecule has 0 saturated carbocycles. The molecule has 1 atom stereocenters. The molecule has 30 heavy (non-hydrogen) atoms. The molecule has 0 N–H and O–H groups in total. The van der Waals surface area contributed by atoms with Gasteiger partial charge in [-0.3, -0.25) is 19.3 Å². The first-order valence-corrected chi connectivity index (χ1v) is 11.9. The van der Waals surface area contributed by atoms with E-state index in [1.165, 1.54) is 28.3 Å². The minimum absolute atomic E-state index is 0.123. The van der Waals surface area contributed by atoms with Gasteiger partial charge in [0.05, 0.1) is 15.5 Å². The summed E-state index contributed by atoms with van der Waals surface area (Å²) in [5, 5.41) is 0.